The van der Waals surface area contributed by atoms with E-state index in [1.807, 2.05) is 88.4 Å². The van der Waals surface area contributed by atoms with E-state index in [1.165, 1.54) is 0 Å². The fourth-order valence-electron chi connectivity index (χ4n) is 3.18. The highest BCUT2D eigenvalue weighted by molar-refractivity contribution is 5.85. The number of benzene rings is 3. The third-order valence-electron chi connectivity index (χ3n) is 4.99. The Morgan fingerprint density at radius 1 is 0.594 bits per heavy atom. The molecule has 0 radical (unpaired) electrons. The molecule has 0 aliphatic heterocycles. The predicted octanol–water partition coefficient (Wildman–Crippen LogP) is 6.65. The van der Waals surface area contributed by atoms with Crippen molar-refractivity contribution in [3.8, 4) is 0 Å². The van der Waals surface area contributed by atoms with Crippen LogP contribution in [0, 0.1) is 0 Å². The van der Waals surface area contributed by atoms with Gasteiger partial charge in [-0.3, -0.25) is 10.6 Å². The van der Waals surface area contributed by atoms with Crippen LogP contribution < -0.4 is 10.6 Å². The summed E-state index contributed by atoms with van der Waals surface area (Å²) < 4.78 is 11.4. The smallest absolute Gasteiger partial charge is 0.412 e. The highest BCUT2D eigenvalue weighted by Crippen LogP contribution is 2.31. The molecular formula is C26H28N2O4. The van der Waals surface area contributed by atoms with Gasteiger partial charge in [-0.1, -0.05) is 54.6 Å². The topological polar surface area (TPSA) is 76.7 Å². The number of carbonyl (C=O) groups is 2. The number of para-hydroxylation sites is 2. The van der Waals surface area contributed by atoms with Gasteiger partial charge in [0.15, 0.2) is 0 Å². The molecule has 0 aliphatic carbocycles. The molecule has 0 saturated heterocycles. The summed E-state index contributed by atoms with van der Waals surface area (Å²) in [6, 6.07) is 25.7. The standard InChI is InChI=1S/C26H28N2O4/c1-25(2,31-23(29)27-21-14-7-5-8-15-21)19-12-11-13-20(18-19)26(3,4)32-24(30)28-22-16-9-6-10-17-22/h5-18H,1-4H3,(H,27,29)(H,28,30). The van der Waals surface area contributed by atoms with Crippen LogP contribution in [0.15, 0.2) is 84.9 Å². The summed E-state index contributed by atoms with van der Waals surface area (Å²) in [7, 11) is 0. The molecule has 2 N–H and O–H groups in total. The SMILES string of the molecule is CC(C)(OC(=O)Nc1ccccc1)c1cccc(C(C)(C)OC(=O)Nc2ccccc2)c1. The number of ether oxygens (including phenoxy) is 2. The molecule has 0 heterocycles. The van der Waals surface area contributed by atoms with Crippen molar-refractivity contribution in [1.29, 1.82) is 0 Å². The summed E-state index contributed by atoms with van der Waals surface area (Å²) in [5.41, 5.74) is 1.05. The third-order valence-corrected chi connectivity index (χ3v) is 4.99. The molecule has 0 fully saturated rings. The Kier molecular flexibility index (Phi) is 6.83. The van der Waals surface area contributed by atoms with E-state index in [0.29, 0.717) is 11.4 Å². The fraction of sp³-hybridized carbons (Fsp3) is 0.231. The zero-order valence-corrected chi connectivity index (χ0v) is 18.7. The molecule has 0 aromatic heterocycles. The minimum Gasteiger partial charge on any atom is -0.438 e. The summed E-state index contributed by atoms with van der Waals surface area (Å²) >= 11 is 0. The molecule has 0 atom stereocenters. The number of hydrogen-bond donors (Lipinski definition) is 2. The maximum absolute atomic E-state index is 12.4. The van der Waals surface area contributed by atoms with Crippen molar-refractivity contribution < 1.29 is 19.1 Å². The van der Waals surface area contributed by atoms with Crippen molar-refractivity contribution in [3.05, 3.63) is 96.1 Å². The van der Waals surface area contributed by atoms with Crippen molar-refractivity contribution in [2.24, 2.45) is 0 Å². The van der Waals surface area contributed by atoms with E-state index in [9.17, 15) is 9.59 Å². The second-order valence-corrected chi connectivity index (χ2v) is 8.36. The number of rotatable bonds is 6. The molecule has 0 unspecified atom stereocenters. The number of nitrogens with one attached hydrogen (secondary N) is 2. The first kappa shape index (κ1) is 22.9. The van der Waals surface area contributed by atoms with Crippen LogP contribution in [0.1, 0.15) is 38.8 Å². The summed E-state index contributed by atoms with van der Waals surface area (Å²) in [5, 5.41) is 5.45. The zero-order valence-electron chi connectivity index (χ0n) is 18.7. The van der Waals surface area contributed by atoms with Crippen LogP contribution >= 0.6 is 0 Å². The molecule has 0 spiro atoms. The lowest BCUT2D eigenvalue weighted by Crippen LogP contribution is -2.31. The van der Waals surface area contributed by atoms with Crippen LogP contribution in [-0.4, -0.2) is 12.2 Å². The van der Waals surface area contributed by atoms with Crippen molar-refractivity contribution in [2.45, 2.75) is 38.9 Å². The van der Waals surface area contributed by atoms with Crippen molar-refractivity contribution >= 4 is 23.6 Å². The van der Waals surface area contributed by atoms with Gasteiger partial charge in [0.2, 0.25) is 0 Å². The van der Waals surface area contributed by atoms with Gasteiger partial charge in [0.05, 0.1) is 0 Å². The molecule has 3 rings (SSSR count). The average molecular weight is 433 g/mol. The molecule has 2 amide bonds. The van der Waals surface area contributed by atoms with Crippen molar-refractivity contribution in [3.63, 3.8) is 0 Å². The minimum atomic E-state index is -0.906. The molecule has 6 nitrogen and oxygen atoms in total. The van der Waals surface area contributed by atoms with E-state index < -0.39 is 23.4 Å². The highest BCUT2D eigenvalue weighted by atomic mass is 16.6. The lowest BCUT2D eigenvalue weighted by Gasteiger charge is -2.29. The first-order valence-corrected chi connectivity index (χ1v) is 10.4. The number of anilines is 2. The molecule has 0 aliphatic rings. The molecule has 166 valence electrons. The van der Waals surface area contributed by atoms with Crippen LogP contribution in [0.5, 0.6) is 0 Å². The molecular weight excluding hydrogens is 404 g/mol. The van der Waals surface area contributed by atoms with E-state index in [0.717, 1.165) is 11.1 Å². The molecule has 3 aromatic carbocycles. The lowest BCUT2D eigenvalue weighted by molar-refractivity contribution is 0.0422. The summed E-state index contributed by atoms with van der Waals surface area (Å²) in [5.74, 6) is 0. The zero-order chi connectivity index (χ0) is 23.2. The van der Waals surface area contributed by atoms with Crippen LogP contribution in [0.2, 0.25) is 0 Å². The Hall–Kier alpha value is -3.80. The van der Waals surface area contributed by atoms with Crippen molar-refractivity contribution in [1.82, 2.24) is 0 Å². The Balaban J connectivity index is 1.69. The Morgan fingerprint density at radius 3 is 1.34 bits per heavy atom. The third kappa shape index (κ3) is 6.11. The van der Waals surface area contributed by atoms with Gasteiger partial charge in [0, 0.05) is 11.4 Å². The quantitative estimate of drug-likeness (QED) is 0.457. The van der Waals surface area contributed by atoms with Crippen LogP contribution in [0.4, 0.5) is 21.0 Å². The monoisotopic (exact) mass is 432 g/mol. The van der Waals surface area contributed by atoms with Gasteiger partial charge in [-0.25, -0.2) is 9.59 Å². The molecule has 32 heavy (non-hydrogen) atoms. The maximum Gasteiger partial charge on any atom is 0.412 e. The largest absolute Gasteiger partial charge is 0.438 e. The van der Waals surface area contributed by atoms with Crippen molar-refractivity contribution in [2.75, 3.05) is 10.6 Å². The van der Waals surface area contributed by atoms with Gasteiger partial charge in [0.25, 0.3) is 0 Å². The highest BCUT2D eigenvalue weighted by Gasteiger charge is 2.30. The second kappa shape index (κ2) is 9.56. The summed E-state index contributed by atoms with van der Waals surface area (Å²) in [6.45, 7) is 7.25. The van der Waals surface area contributed by atoms with Gasteiger partial charge in [-0.05, 0) is 69.2 Å². The number of carbonyl (C=O) groups excluding carboxylic acids is 2. The molecule has 6 heteroatoms. The number of amides is 2. The van der Waals surface area contributed by atoms with E-state index >= 15 is 0 Å². The first-order valence-electron chi connectivity index (χ1n) is 10.4. The fourth-order valence-corrected chi connectivity index (χ4v) is 3.18. The molecule has 0 saturated carbocycles. The number of hydrogen-bond acceptors (Lipinski definition) is 4. The van der Waals surface area contributed by atoms with Crippen LogP contribution in [0.25, 0.3) is 0 Å². The Morgan fingerprint density at radius 2 is 0.969 bits per heavy atom. The normalized spacial score (nSPS) is 11.4. The molecule has 3 aromatic rings. The van der Waals surface area contributed by atoms with Crippen LogP contribution in [-0.2, 0) is 20.7 Å². The summed E-state index contributed by atoms with van der Waals surface area (Å²) in [4.78, 5) is 24.8. The summed E-state index contributed by atoms with van der Waals surface area (Å²) in [6.07, 6.45) is -1.10. The van der Waals surface area contributed by atoms with E-state index in [4.69, 9.17) is 9.47 Å². The second-order valence-electron chi connectivity index (χ2n) is 8.36. The van der Waals surface area contributed by atoms with Gasteiger partial charge in [-0.2, -0.15) is 0 Å². The molecule has 0 bridgehead atoms. The van der Waals surface area contributed by atoms with Gasteiger partial charge >= 0.3 is 12.2 Å². The average Bonchev–Trinajstić information content (AvgIpc) is 2.74. The van der Waals surface area contributed by atoms with Gasteiger partial charge in [-0.15, -0.1) is 0 Å². The first-order chi connectivity index (χ1) is 15.2. The van der Waals surface area contributed by atoms with Gasteiger partial charge < -0.3 is 9.47 Å². The predicted molar refractivity (Wildman–Crippen MR) is 126 cm³/mol. The van der Waals surface area contributed by atoms with E-state index in [-0.39, 0.29) is 0 Å². The van der Waals surface area contributed by atoms with E-state index in [2.05, 4.69) is 10.6 Å². The Labute approximate surface area is 188 Å². The van der Waals surface area contributed by atoms with E-state index in [1.54, 1.807) is 24.3 Å². The van der Waals surface area contributed by atoms with Gasteiger partial charge in [0.1, 0.15) is 11.2 Å². The maximum atomic E-state index is 12.4. The van der Waals surface area contributed by atoms with Crippen LogP contribution in [0.3, 0.4) is 0 Å². The lowest BCUT2D eigenvalue weighted by atomic mass is 9.90. The Bertz CT molecular complexity index is 981. The minimum absolute atomic E-state index is 0.552.